The third-order valence-electron chi connectivity index (χ3n) is 4.60. The van der Waals surface area contributed by atoms with Crippen molar-refractivity contribution in [2.75, 3.05) is 19.6 Å². The first-order valence-corrected chi connectivity index (χ1v) is 8.15. The highest BCUT2D eigenvalue weighted by atomic mass is 16.3. The van der Waals surface area contributed by atoms with E-state index in [2.05, 4.69) is 15.9 Å². The molecule has 1 unspecified atom stereocenters. The summed E-state index contributed by atoms with van der Waals surface area (Å²) in [6.45, 7) is 2.08. The van der Waals surface area contributed by atoms with Crippen molar-refractivity contribution in [1.82, 2.24) is 9.80 Å². The molecular weight excluding hydrogens is 252 g/mol. The molecule has 1 heterocycles. The van der Waals surface area contributed by atoms with Crippen LogP contribution in [-0.4, -0.2) is 52.6 Å². The van der Waals surface area contributed by atoms with Crippen LogP contribution in [0.25, 0.3) is 0 Å². The maximum Gasteiger partial charge on any atom is 0.241 e. The Labute approximate surface area is 121 Å². The van der Waals surface area contributed by atoms with E-state index in [1.807, 2.05) is 0 Å². The Kier molecular flexibility index (Phi) is 4.41. The SMILES string of the molecule is O=C(CN1CCCC(O)C1)N(C1=CCCCC1)C1CC1. The molecule has 1 N–H and O–H groups in total. The van der Waals surface area contributed by atoms with Gasteiger partial charge in [-0.2, -0.15) is 0 Å². The minimum Gasteiger partial charge on any atom is -0.392 e. The second-order valence-corrected chi connectivity index (χ2v) is 6.47. The number of aliphatic hydroxyl groups excluding tert-OH is 1. The molecule has 0 radical (unpaired) electrons. The van der Waals surface area contributed by atoms with Crippen LogP contribution >= 0.6 is 0 Å². The van der Waals surface area contributed by atoms with Gasteiger partial charge in [0.1, 0.15) is 0 Å². The molecule has 4 heteroatoms. The van der Waals surface area contributed by atoms with E-state index in [4.69, 9.17) is 0 Å². The molecule has 0 spiro atoms. The van der Waals surface area contributed by atoms with Crippen molar-refractivity contribution >= 4 is 5.91 Å². The standard InChI is InChI=1S/C16H26N2O2/c19-15-7-4-10-17(11-15)12-16(20)18(14-8-9-14)13-5-2-1-3-6-13/h5,14-15,19H,1-4,6-12H2. The fourth-order valence-corrected chi connectivity index (χ4v) is 3.41. The average Bonchev–Trinajstić information content (AvgIpc) is 3.25. The molecule has 1 atom stereocenters. The fourth-order valence-electron chi connectivity index (χ4n) is 3.41. The van der Waals surface area contributed by atoms with Gasteiger partial charge >= 0.3 is 0 Å². The molecule has 3 rings (SSSR count). The van der Waals surface area contributed by atoms with E-state index in [9.17, 15) is 9.90 Å². The van der Waals surface area contributed by atoms with Crippen LogP contribution in [0.4, 0.5) is 0 Å². The van der Waals surface area contributed by atoms with E-state index in [-0.39, 0.29) is 12.0 Å². The van der Waals surface area contributed by atoms with Crippen molar-refractivity contribution in [3.63, 3.8) is 0 Å². The van der Waals surface area contributed by atoms with Gasteiger partial charge in [-0.15, -0.1) is 0 Å². The Morgan fingerprint density at radius 2 is 2.15 bits per heavy atom. The predicted octanol–water partition coefficient (Wildman–Crippen LogP) is 1.89. The number of hydrogen-bond acceptors (Lipinski definition) is 3. The van der Waals surface area contributed by atoms with Gasteiger partial charge in [-0.05, 0) is 57.9 Å². The molecule has 1 saturated carbocycles. The predicted molar refractivity (Wildman–Crippen MR) is 78.1 cm³/mol. The van der Waals surface area contributed by atoms with Gasteiger partial charge < -0.3 is 10.0 Å². The zero-order valence-corrected chi connectivity index (χ0v) is 12.3. The van der Waals surface area contributed by atoms with Gasteiger partial charge in [0.05, 0.1) is 12.6 Å². The Balaban J connectivity index is 1.62. The molecule has 2 aliphatic carbocycles. The maximum atomic E-state index is 12.7. The average molecular weight is 278 g/mol. The van der Waals surface area contributed by atoms with E-state index in [0.717, 1.165) is 45.1 Å². The van der Waals surface area contributed by atoms with E-state index in [1.165, 1.54) is 18.5 Å². The topological polar surface area (TPSA) is 43.8 Å². The molecule has 112 valence electrons. The normalized spacial score (nSPS) is 28.1. The number of aliphatic hydroxyl groups is 1. The van der Waals surface area contributed by atoms with Crippen LogP contribution in [0, 0.1) is 0 Å². The van der Waals surface area contributed by atoms with Crippen LogP contribution in [0.2, 0.25) is 0 Å². The highest BCUT2D eigenvalue weighted by molar-refractivity contribution is 5.80. The van der Waals surface area contributed by atoms with Crippen molar-refractivity contribution in [1.29, 1.82) is 0 Å². The maximum absolute atomic E-state index is 12.7. The van der Waals surface area contributed by atoms with E-state index < -0.39 is 0 Å². The highest BCUT2D eigenvalue weighted by Crippen LogP contribution is 2.33. The largest absolute Gasteiger partial charge is 0.392 e. The summed E-state index contributed by atoms with van der Waals surface area (Å²) in [5, 5.41) is 9.72. The second kappa shape index (κ2) is 6.27. The second-order valence-electron chi connectivity index (χ2n) is 6.47. The number of carbonyl (C=O) groups excluding carboxylic acids is 1. The van der Waals surface area contributed by atoms with Crippen molar-refractivity contribution in [2.45, 2.75) is 63.5 Å². The first kappa shape index (κ1) is 14.1. The van der Waals surface area contributed by atoms with Crippen molar-refractivity contribution < 1.29 is 9.90 Å². The Bertz CT molecular complexity index is 390. The summed E-state index contributed by atoms with van der Waals surface area (Å²) < 4.78 is 0. The summed E-state index contributed by atoms with van der Waals surface area (Å²) in [7, 11) is 0. The Hall–Kier alpha value is -0.870. The van der Waals surface area contributed by atoms with Crippen LogP contribution in [-0.2, 0) is 4.79 Å². The van der Waals surface area contributed by atoms with Gasteiger partial charge in [-0.3, -0.25) is 9.69 Å². The number of likely N-dealkylation sites (tertiary alicyclic amines) is 1. The monoisotopic (exact) mass is 278 g/mol. The lowest BCUT2D eigenvalue weighted by atomic mass is 10.0. The molecular formula is C16H26N2O2. The van der Waals surface area contributed by atoms with Crippen LogP contribution < -0.4 is 0 Å². The van der Waals surface area contributed by atoms with E-state index in [1.54, 1.807) is 0 Å². The zero-order chi connectivity index (χ0) is 13.9. The summed E-state index contributed by atoms with van der Waals surface area (Å²) >= 11 is 0. The lowest BCUT2D eigenvalue weighted by Crippen LogP contribution is -2.46. The van der Waals surface area contributed by atoms with Crippen molar-refractivity contribution in [2.24, 2.45) is 0 Å². The number of amides is 1. The number of carbonyl (C=O) groups is 1. The molecule has 0 aromatic carbocycles. The summed E-state index contributed by atoms with van der Waals surface area (Å²) in [4.78, 5) is 16.9. The molecule has 0 aromatic heterocycles. The summed E-state index contributed by atoms with van der Waals surface area (Å²) in [5.74, 6) is 0.245. The summed E-state index contributed by atoms with van der Waals surface area (Å²) in [6, 6.07) is 0.460. The third-order valence-corrected chi connectivity index (χ3v) is 4.60. The molecule has 0 bridgehead atoms. The lowest BCUT2D eigenvalue weighted by Gasteiger charge is -2.33. The molecule has 1 amide bonds. The fraction of sp³-hybridized carbons (Fsp3) is 0.812. The number of allylic oxidation sites excluding steroid dienone is 2. The van der Waals surface area contributed by atoms with Gasteiger partial charge in [0.15, 0.2) is 0 Å². The first-order valence-electron chi connectivity index (χ1n) is 8.15. The van der Waals surface area contributed by atoms with Gasteiger partial charge in [0.2, 0.25) is 5.91 Å². The lowest BCUT2D eigenvalue weighted by molar-refractivity contribution is -0.131. The molecule has 4 nitrogen and oxygen atoms in total. The van der Waals surface area contributed by atoms with E-state index >= 15 is 0 Å². The first-order chi connectivity index (χ1) is 9.74. The third kappa shape index (κ3) is 3.41. The van der Waals surface area contributed by atoms with Crippen LogP contribution in [0.5, 0.6) is 0 Å². The number of hydrogen-bond donors (Lipinski definition) is 1. The van der Waals surface area contributed by atoms with Gasteiger partial charge in [0, 0.05) is 18.3 Å². The van der Waals surface area contributed by atoms with E-state index in [0.29, 0.717) is 19.1 Å². The summed E-state index contributed by atoms with van der Waals surface area (Å²) in [5.41, 5.74) is 1.27. The molecule has 20 heavy (non-hydrogen) atoms. The molecule has 2 fully saturated rings. The molecule has 1 saturated heterocycles. The van der Waals surface area contributed by atoms with Crippen LogP contribution in [0.15, 0.2) is 11.8 Å². The highest BCUT2D eigenvalue weighted by Gasteiger charge is 2.35. The number of nitrogens with zero attached hydrogens (tertiary/aromatic N) is 2. The quantitative estimate of drug-likeness (QED) is 0.854. The smallest absolute Gasteiger partial charge is 0.241 e. The molecule has 0 aromatic rings. The van der Waals surface area contributed by atoms with Crippen LogP contribution in [0.1, 0.15) is 51.4 Å². The Morgan fingerprint density at radius 3 is 2.80 bits per heavy atom. The zero-order valence-electron chi connectivity index (χ0n) is 12.3. The minimum atomic E-state index is -0.250. The molecule has 3 aliphatic rings. The molecule has 1 aliphatic heterocycles. The summed E-state index contributed by atoms with van der Waals surface area (Å²) in [6.07, 6.45) is 10.9. The number of piperidine rings is 1. The van der Waals surface area contributed by atoms with Crippen molar-refractivity contribution in [3.8, 4) is 0 Å². The number of rotatable bonds is 4. The Morgan fingerprint density at radius 1 is 1.30 bits per heavy atom. The van der Waals surface area contributed by atoms with Crippen LogP contribution in [0.3, 0.4) is 0 Å². The minimum absolute atomic E-state index is 0.245. The van der Waals surface area contributed by atoms with Gasteiger partial charge in [-0.1, -0.05) is 6.08 Å². The number of β-amino-alcohol motifs (C(OH)–C–C–N with tert-alkyl or cyclic N) is 1. The van der Waals surface area contributed by atoms with Crippen molar-refractivity contribution in [3.05, 3.63) is 11.8 Å². The van der Waals surface area contributed by atoms with Gasteiger partial charge in [-0.25, -0.2) is 0 Å². The van der Waals surface area contributed by atoms with Gasteiger partial charge in [0.25, 0.3) is 0 Å².